The quantitative estimate of drug-likeness (QED) is 0.481. The van der Waals surface area contributed by atoms with Crippen LogP contribution in [0.4, 0.5) is 5.69 Å². The van der Waals surface area contributed by atoms with E-state index in [0.29, 0.717) is 19.5 Å². The molecule has 1 aliphatic rings. The Kier molecular flexibility index (Phi) is 5.20. The highest BCUT2D eigenvalue weighted by Gasteiger charge is 2.26. The van der Waals surface area contributed by atoms with Crippen molar-refractivity contribution in [2.24, 2.45) is 5.14 Å². The molecule has 0 aliphatic carbocycles. The lowest BCUT2D eigenvalue weighted by Crippen LogP contribution is -2.30. The summed E-state index contributed by atoms with van der Waals surface area (Å²) in [6.07, 6.45) is 2.41. The SMILES string of the molecule is C=CCn1c(SCC(=O)N2CCc3cc(S(N)(=O)=O)ccc32)nc2ccccc21. The summed E-state index contributed by atoms with van der Waals surface area (Å²) >= 11 is 1.39. The molecule has 7 nitrogen and oxygen atoms in total. The summed E-state index contributed by atoms with van der Waals surface area (Å²) in [5.41, 5.74) is 3.44. The van der Waals surface area contributed by atoms with Crippen molar-refractivity contribution in [2.45, 2.75) is 23.0 Å². The maximum atomic E-state index is 12.9. The minimum Gasteiger partial charge on any atom is -0.315 e. The van der Waals surface area contributed by atoms with Gasteiger partial charge in [-0.25, -0.2) is 18.5 Å². The van der Waals surface area contributed by atoms with E-state index in [9.17, 15) is 13.2 Å². The lowest BCUT2D eigenvalue weighted by Gasteiger charge is -2.17. The molecule has 2 aromatic carbocycles. The van der Waals surface area contributed by atoms with Gasteiger partial charge in [0.25, 0.3) is 0 Å². The van der Waals surface area contributed by atoms with Crippen LogP contribution < -0.4 is 10.0 Å². The first-order valence-electron chi connectivity index (χ1n) is 9.03. The average Bonchev–Trinajstić information content (AvgIpc) is 3.27. The Labute approximate surface area is 173 Å². The molecule has 0 saturated carbocycles. The van der Waals surface area contributed by atoms with Gasteiger partial charge in [0.2, 0.25) is 15.9 Å². The van der Waals surface area contributed by atoms with Crippen molar-refractivity contribution in [1.82, 2.24) is 9.55 Å². The van der Waals surface area contributed by atoms with Crippen LogP contribution >= 0.6 is 11.8 Å². The molecule has 0 atom stereocenters. The van der Waals surface area contributed by atoms with E-state index in [1.165, 1.54) is 17.8 Å². The molecule has 2 heterocycles. The van der Waals surface area contributed by atoms with E-state index in [0.717, 1.165) is 27.4 Å². The van der Waals surface area contributed by atoms with E-state index < -0.39 is 10.0 Å². The van der Waals surface area contributed by atoms with Gasteiger partial charge in [0.05, 0.1) is 21.7 Å². The maximum Gasteiger partial charge on any atom is 0.238 e. The van der Waals surface area contributed by atoms with Gasteiger partial charge in [-0.3, -0.25) is 4.79 Å². The largest absolute Gasteiger partial charge is 0.315 e. The van der Waals surface area contributed by atoms with Crippen LogP contribution in [0.15, 0.2) is 65.2 Å². The van der Waals surface area contributed by atoms with Crippen molar-refractivity contribution in [3.05, 3.63) is 60.7 Å². The molecular weight excluding hydrogens is 408 g/mol. The van der Waals surface area contributed by atoms with Crippen LogP contribution in [0.5, 0.6) is 0 Å². The molecule has 0 saturated heterocycles. The van der Waals surface area contributed by atoms with Gasteiger partial charge in [-0.15, -0.1) is 6.58 Å². The summed E-state index contributed by atoms with van der Waals surface area (Å²) in [5.74, 6) is 0.186. The predicted molar refractivity (Wildman–Crippen MR) is 115 cm³/mol. The number of benzene rings is 2. The summed E-state index contributed by atoms with van der Waals surface area (Å²) in [6, 6.07) is 12.5. The normalized spacial score (nSPS) is 13.6. The predicted octanol–water partition coefficient (Wildman–Crippen LogP) is 2.55. The number of hydrogen-bond donors (Lipinski definition) is 1. The molecule has 3 aromatic rings. The van der Waals surface area contributed by atoms with Gasteiger partial charge in [-0.05, 0) is 42.3 Å². The van der Waals surface area contributed by atoms with Gasteiger partial charge >= 0.3 is 0 Å². The number of nitrogens with two attached hydrogens (primary N) is 1. The lowest BCUT2D eigenvalue weighted by atomic mass is 10.2. The zero-order valence-electron chi connectivity index (χ0n) is 15.6. The summed E-state index contributed by atoms with van der Waals surface area (Å²) in [5, 5.41) is 5.97. The van der Waals surface area contributed by atoms with E-state index in [2.05, 4.69) is 11.6 Å². The Morgan fingerprint density at radius 3 is 2.83 bits per heavy atom. The third-order valence-corrected chi connectivity index (χ3v) is 6.70. The van der Waals surface area contributed by atoms with Crippen LogP contribution in [-0.2, 0) is 27.8 Å². The fraction of sp³-hybridized carbons (Fsp3) is 0.200. The number of carbonyl (C=O) groups is 1. The Bertz CT molecular complexity index is 1220. The number of anilines is 1. The molecule has 0 radical (unpaired) electrons. The average molecular weight is 429 g/mol. The Hall–Kier alpha value is -2.62. The lowest BCUT2D eigenvalue weighted by molar-refractivity contribution is -0.116. The van der Waals surface area contributed by atoms with Crippen molar-refractivity contribution in [3.63, 3.8) is 0 Å². The van der Waals surface area contributed by atoms with E-state index in [1.54, 1.807) is 23.1 Å². The minimum atomic E-state index is -3.76. The monoisotopic (exact) mass is 428 g/mol. The molecule has 0 unspecified atom stereocenters. The number of aromatic nitrogens is 2. The molecule has 0 fully saturated rings. The number of thioether (sulfide) groups is 1. The van der Waals surface area contributed by atoms with E-state index in [-0.39, 0.29) is 16.6 Å². The number of fused-ring (bicyclic) bond motifs is 2. The molecule has 1 aromatic heterocycles. The summed E-state index contributed by atoms with van der Waals surface area (Å²) in [7, 11) is -3.76. The number of para-hydroxylation sites is 2. The molecule has 2 N–H and O–H groups in total. The molecule has 0 spiro atoms. The minimum absolute atomic E-state index is 0.0469. The number of amides is 1. The van der Waals surface area contributed by atoms with Crippen LogP contribution in [0.2, 0.25) is 0 Å². The van der Waals surface area contributed by atoms with Gasteiger partial charge < -0.3 is 9.47 Å². The number of imidazole rings is 1. The van der Waals surface area contributed by atoms with Gasteiger partial charge in [0, 0.05) is 18.8 Å². The fourth-order valence-corrected chi connectivity index (χ4v) is 4.95. The number of allylic oxidation sites excluding steroid dienone is 1. The van der Waals surface area contributed by atoms with Crippen molar-refractivity contribution in [2.75, 3.05) is 17.2 Å². The number of primary sulfonamides is 1. The van der Waals surface area contributed by atoms with Crippen molar-refractivity contribution >= 4 is 44.4 Å². The van der Waals surface area contributed by atoms with Crippen molar-refractivity contribution in [1.29, 1.82) is 0 Å². The number of nitrogens with zero attached hydrogens (tertiary/aromatic N) is 3. The second-order valence-corrected chi connectivity index (χ2v) is 9.21. The summed E-state index contributed by atoms with van der Waals surface area (Å²) in [4.78, 5) is 19.3. The smallest absolute Gasteiger partial charge is 0.238 e. The zero-order valence-corrected chi connectivity index (χ0v) is 17.2. The van der Waals surface area contributed by atoms with Gasteiger partial charge in [-0.1, -0.05) is 30.0 Å². The van der Waals surface area contributed by atoms with Crippen molar-refractivity contribution in [3.8, 4) is 0 Å². The first-order valence-corrected chi connectivity index (χ1v) is 11.6. The third kappa shape index (κ3) is 3.81. The number of sulfonamides is 1. The number of hydrogen-bond acceptors (Lipinski definition) is 5. The second kappa shape index (κ2) is 7.66. The van der Waals surface area contributed by atoms with Crippen LogP contribution in [0, 0.1) is 0 Å². The molecular formula is C20H20N4O3S2. The molecule has 1 amide bonds. The first kappa shape index (κ1) is 19.7. The molecule has 0 bridgehead atoms. The summed E-state index contributed by atoms with van der Waals surface area (Å²) < 4.78 is 25.1. The summed E-state index contributed by atoms with van der Waals surface area (Å²) in [6.45, 7) is 4.94. The molecule has 4 rings (SSSR count). The molecule has 150 valence electrons. The Balaban J connectivity index is 1.53. The first-order chi connectivity index (χ1) is 13.9. The van der Waals surface area contributed by atoms with E-state index in [1.807, 2.05) is 28.8 Å². The van der Waals surface area contributed by atoms with Gasteiger partial charge in [0.1, 0.15) is 0 Å². The van der Waals surface area contributed by atoms with Gasteiger partial charge in [0.15, 0.2) is 5.16 Å². The Morgan fingerprint density at radius 2 is 2.07 bits per heavy atom. The molecule has 1 aliphatic heterocycles. The Morgan fingerprint density at radius 1 is 1.28 bits per heavy atom. The number of carbonyl (C=O) groups excluding carboxylic acids is 1. The number of rotatable bonds is 6. The topological polar surface area (TPSA) is 98.3 Å². The van der Waals surface area contributed by atoms with Crippen LogP contribution in [0.3, 0.4) is 0 Å². The molecule has 9 heteroatoms. The van der Waals surface area contributed by atoms with E-state index in [4.69, 9.17) is 5.14 Å². The van der Waals surface area contributed by atoms with Gasteiger partial charge in [-0.2, -0.15) is 0 Å². The maximum absolute atomic E-state index is 12.9. The third-order valence-electron chi connectivity index (χ3n) is 4.83. The zero-order chi connectivity index (χ0) is 20.6. The highest BCUT2D eigenvalue weighted by Crippen LogP contribution is 2.31. The van der Waals surface area contributed by atoms with Crippen molar-refractivity contribution < 1.29 is 13.2 Å². The highest BCUT2D eigenvalue weighted by molar-refractivity contribution is 7.99. The van der Waals surface area contributed by atoms with Crippen LogP contribution in [0.1, 0.15) is 5.56 Å². The second-order valence-electron chi connectivity index (χ2n) is 6.70. The molecule has 29 heavy (non-hydrogen) atoms. The standard InChI is InChI=1S/C20H20N4O3S2/c1-2-10-24-18-6-4-3-5-16(18)22-20(24)28-13-19(25)23-11-9-14-12-15(29(21,26)27)7-8-17(14)23/h2-8,12H,1,9-11,13H2,(H2,21,26,27). The fourth-order valence-electron chi connectivity index (χ4n) is 3.49. The van der Waals surface area contributed by atoms with E-state index >= 15 is 0 Å². The van der Waals surface area contributed by atoms with Crippen LogP contribution in [0.25, 0.3) is 11.0 Å². The van der Waals surface area contributed by atoms with Crippen LogP contribution in [-0.4, -0.2) is 36.2 Å². The highest BCUT2D eigenvalue weighted by atomic mass is 32.2.